The van der Waals surface area contributed by atoms with E-state index in [9.17, 15) is 18.0 Å². The molecular weight excluding hydrogens is 277 g/mol. The second kappa shape index (κ2) is 5.56. The molecule has 7 heteroatoms. The summed E-state index contributed by atoms with van der Waals surface area (Å²) in [5.41, 5.74) is 3.93. The maximum absolute atomic E-state index is 13.3. The van der Waals surface area contributed by atoms with E-state index in [0.29, 0.717) is 12.1 Å². The standard InChI is InChI=1S/C12H13F3N2OS/c1-12(2,11(16)19)5-17-10(18)9-7(14)3-6(13)4-8(9)15/h3-4H,5H2,1-2H3,(H2,16,19)(H,17,18). The lowest BCUT2D eigenvalue weighted by Crippen LogP contribution is -2.41. The molecule has 3 nitrogen and oxygen atoms in total. The molecule has 0 heterocycles. The molecule has 0 saturated carbocycles. The molecule has 0 aliphatic rings. The minimum atomic E-state index is -1.26. The van der Waals surface area contributed by atoms with Crippen molar-refractivity contribution in [3.05, 3.63) is 35.1 Å². The van der Waals surface area contributed by atoms with Gasteiger partial charge in [-0.05, 0) is 0 Å². The summed E-state index contributed by atoms with van der Waals surface area (Å²) in [4.78, 5) is 11.8. The zero-order chi connectivity index (χ0) is 14.8. The lowest BCUT2D eigenvalue weighted by atomic mass is 9.93. The van der Waals surface area contributed by atoms with Crippen molar-refractivity contribution in [3.8, 4) is 0 Å². The van der Waals surface area contributed by atoms with Gasteiger partial charge in [0.2, 0.25) is 0 Å². The maximum Gasteiger partial charge on any atom is 0.257 e. The van der Waals surface area contributed by atoms with E-state index in [1.807, 2.05) is 0 Å². The highest BCUT2D eigenvalue weighted by Crippen LogP contribution is 2.17. The number of nitrogens with one attached hydrogen (secondary N) is 1. The van der Waals surface area contributed by atoms with Gasteiger partial charge in [0.25, 0.3) is 5.91 Å². The predicted octanol–water partition coefficient (Wildman–Crippen LogP) is 2.15. The number of benzene rings is 1. The van der Waals surface area contributed by atoms with Crippen molar-refractivity contribution in [2.24, 2.45) is 11.1 Å². The Kier molecular flexibility index (Phi) is 4.52. The lowest BCUT2D eigenvalue weighted by molar-refractivity contribution is 0.0936. The van der Waals surface area contributed by atoms with E-state index < -0.39 is 34.3 Å². The highest BCUT2D eigenvalue weighted by molar-refractivity contribution is 7.80. The summed E-state index contributed by atoms with van der Waals surface area (Å²) in [6, 6.07) is 0.882. The fraction of sp³-hybridized carbons (Fsp3) is 0.333. The molecule has 0 aliphatic heterocycles. The first-order valence-corrected chi connectivity index (χ1v) is 5.78. The number of halogens is 3. The first-order chi connectivity index (χ1) is 8.65. The van der Waals surface area contributed by atoms with E-state index in [2.05, 4.69) is 5.32 Å². The van der Waals surface area contributed by atoms with Gasteiger partial charge in [-0.3, -0.25) is 4.79 Å². The van der Waals surface area contributed by atoms with Crippen molar-refractivity contribution in [3.63, 3.8) is 0 Å². The quantitative estimate of drug-likeness (QED) is 0.835. The monoisotopic (exact) mass is 290 g/mol. The summed E-state index contributed by atoms with van der Waals surface area (Å²) in [7, 11) is 0. The normalized spacial score (nSPS) is 11.2. The Balaban J connectivity index is 2.89. The van der Waals surface area contributed by atoms with Crippen molar-refractivity contribution in [1.82, 2.24) is 5.32 Å². The van der Waals surface area contributed by atoms with Gasteiger partial charge >= 0.3 is 0 Å². The first kappa shape index (κ1) is 15.4. The average molecular weight is 290 g/mol. The molecule has 0 saturated heterocycles. The van der Waals surface area contributed by atoms with E-state index in [1.54, 1.807) is 13.8 Å². The molecule has 19 heavy (non-hydrogen) atoms. The molecule has 0 bridgehead atoms. The van der Waals surface area contributed by atoms with Crippen LogP contribution in [0.15, 0.2) is 12.1 Å². The Labute approximate surface area is 114 Å². The SMILES string of the molecule is CC(C)(CNC(=O)c1c(F)cc(F)cc1F)C(N)=S. The molecule has 0 aromatic heterocycles. The molecule has 1 aromatic carbocycles. The van der Waals surface area contributed by atoms with Crippen LogP contribution in [0.4, 0.5) is 13.2 Å². The number of thiocarbonyl (C=S) groups is 1. The van der Waals surface area contributed by atoms with Crippen LogP contribution >= 0.6 is 12.2 Å². The number of nitrogens with two attached hydrogens (primary N) is 1. The minimum Gasteiger partial charge on any atom is -0.393 e. The van der Waals surface area contributed by atoms with Crippen molar-refractivity contribution in [2.75, 3.05) is 6.54 Å². The van der Waals surface area contributed by atoms with Crippen molar-refractivity contribution in [1.29, 1.82) is 0 Å². The van der Waals surface area contributed by atoms with Crippen LogP contribution in [0.3, 0.4) is 0 Å². The number of carbonyl (C=O) groups excluding carboxylic acids is 1. The molecule has 0 radical (unpaired) electrons. The van der Waals surface area contributed by atoms with Crippen LogP contribution < -0.4 is 11.1 Å². The molecule has 104 valence electrons. The van der Waals surface area contributed by atoms with Gasteiger partial charge in [0.15, 0.2) is 0 Å². The smallest absolute Gasteiger partial charge is 0.257 e. The van der Waals surface area contributed by atoms with Gasteiger partial charge in [-0.1, -0.05) is 26.1 Å². The van der Waals surface area contributed by atoms with Gasteiger partial charge in [0.05, 0.1) is 4.99 Å². The zero-order valence-electron chi connectivity index (χ0n) is 10.4. The number of rotatable bonds is 4. The molecule has 0 unspecified atom stereocenters. The summed E-state index contributed by atoms with van der Waals surface area (Å²) in [5, 5.41) is 2.31. The predicted molar refractivity (Wildman–Crippen MR) is 69.2 cm³/mol. The van der Waals surface area contributed by atoms with Gasteiger partial charge in [-0.25, -0.2) is 13.2 Å². The minimum absolute atomic E-state index is 0.0113. The van der Waals surface area contributed by atoms with Gasteiger partial charge in [-0.15, -0.1) is 0 Å². The first-order valence-electron chi connectivity index (χ1n) is 5.38. The van der Waals surface area contributed by atoms with Crippen LogP contribution in [0.1, 0.15) is 24.2 Å². The van der Waals surface area contributed by atoms with Crippen molar-refractivity contribution >= 4 is 23.1 Å². The second-order valence-electron chi connectivity index (χ2n) is 4.68. The molecule has 1 rings (SSSR count). The van der Waals surface area contributed by atoms with E-state index in [1.165, 1.54) is 0 Å². The highest BCUT2D eigenvalue weighted by Gasteiger charge is 2.25. The molecule has 1 aromatic rings. The van der Waals surface area contributed by atoms with Crippen LogP contribution in [0.25, 0.3) is 0 Å². The summed E-state index contributed by atoms with van der Waals surface area (Å²) in [5.74, 6) is -4.60. The van der Waals surface area contributed by atoms with Crippen molar-refractivity contribution in [2.45, 2.75) is 13.8 Å². The maximum atomic E-state index is 13.3. The zero-order valence-corrected chi connectivity index (χ0v) is 11.2. The fourth-order valence-electron chi connectivity index (χ4n) is 1.24. The van der Waals surface area contributed by atoms with Crippen LogP contribution in [-0.2, 0) is 0 Å². The molecule has 0 aliphatic carbocycles. The second-order valence-corrected chi connectivity index (χ2v) is 5.12. The third kappa shape index (κ3) is 3.66. The van der Waals surface area contributed by atoms with Crippen LogP contribution in [0.5, 0.6) is 0 Å². The number of hydrogen-bond donors (Lipinski definition) is 2. The van der Waals surface area contributed by atoms with Crippen molar-refractivity contribution < 1.29 is 18.0 Å². The molecule has 0 atom stereocenters. The van der Waals surface area contributed by atoms with E-state index in [4.69, 9.17) is 18.0 Å². The van der Waals surface area contributed by atoms with Crippen LogP contribution in [0.2, 0.25) is 0 Å². The Bertz CT molecular complexity index is 509. The molecule has 3 N–H and O–H groups in total. The molecule has 1 amide bonds. The number of hydrogen-bond acceptors (Lipinski definition) is 2. The van der Waals surface area contributed by atoms with E-state index in [0.717, 1.165) is 0 Å². The Morgan fingerprint density at radius 1 is 1.32 bits per heavy atom. The highest BCUT2D eigenvalue weighted by atomic mass is 32.1. The molecular formula is C12H13F3N2OS. The third-order valence-corrected chi connectivity index (χ3v) is 3.14. The van der Waals surface area contributed by atoms with E-state index in [-0.39, 0.29) is 11.5 Å². The van der Waals surface area contributed by atoms with Gasteiger partial charge in [0, 0.05) is 24.1 Å². The molecule has 0 fully saturated rings. The van der Waals surface area contributed by atoms with Gasteiger partial charge in [0.1, 0.15) is 23.0 Å². The summed E-state index contributed by atoms with van der Waals surface area (Å²) in [6.45, 7) is 3.36. The summed E-state index contributed by atoms with van der Waals surface area (Å²) < 4.78 is 39.4. The Morgan fingerprint density at radius 3 is 2.21 bits per heavy atom. The average Bonchev–Trinajstić information content (AvgIpc) is 2.24. The Hall–Kier alpha value is -1.63. The van der Waals surface area contributed by atoms with Gasteiger partial charge < -0.3 is 11.1 Å². The van der Waals surface area contributed by atoms with Crippen LogP contribution in [0, 0.1) is 22.9 Å². The Morgan fingerprint density at radius 2 is 1.79 bits per heavy atom. The number of amides is 1. The molecule has 0 spiro atoms. The third-order valence-electron chi connectivity index (χ3n) is 2.59. The van der Waals surface area contributed by atoms with Crippen LogP contribution in [-0.4, -0.2) is 17.4 Å². The largest absolute Gasteiger partial charge is 0.393 e. The van der Waals surface area contributed by atoms with Gasteiger partial charge in [-0.2, -0.15) is 0 Å². The van der Waals surface area contributed by atoms with E-state index >= 15 is 0 Å². The lowest BCUT2D eigenvalue weighted by Gasteiger charge is -2.23. The fourth-order valence-corrected chi connectivity index (χ4v) is 1.31. The summed E-state index contributed by atoms with van der Waals surface area (Å²) >= 11 is 4.80. The summed E-state index contributed by atoms with van der Waals surface area (Å²) in [6.07, 6.45) is 0. The topological polar surface area (TPSA) is 55.1 Å². The number of carbonyl (C=O) groups is 1.